The molecule has 0 heterocycles. The largest absolute Gasteiger partial charge is 0.503 e. The Morgan fingerprint density at radius 3 is 2.03 bits per heavy atom. The summed E-state index contributed by atoms with van der Waals surface area (Å²) in [7, 11) is 0. The molecule has 5 nitrogen and oxygen atoms in total. The third-order valence-electron chi connectivity index (χ3n) is 4.88. The molecule has 0 fully saturated rings. The van der Waals surface area contributed by atoms with Crippen molar-refractivity contribution in [3.63, 3.8) is 0 Å². The van der Waals surface area contributed by atoms with Gasteiger partial charge in [-0.1, -0.05) is 94.0 Å². The lowest BCUT2D eigenvalue weighted by Gasteiger charge is -2.21. The summed E-state index contributed by atoms with van der Waals surface area (Å²) in [5, 5.41) is 13.9. The zero-order valence-corrected chi connectivity index (χ0v) is 18.0. The standard InChI is InChI=1S/C24H32O2.CH2O3/c1-3-5-6-7-8-12-17-21(20-15-10-9-11-16-20)22-18-13-14-19-23(22)24(25)26-4-2;2-1(3)4/h9-11,13-16,18-19,21H,3-8,12,17H2,1-2H3;(H2,2,3,4). The van der Waals surface area contributed by atoms with Crippen LogP contribution in [0.5, 0.6) is 0 Å². The monoisotopic (exact) mass is 414 g/mol. The van der Waals surface area contributed by atoms with Crippen molar-refractivity contribution in [3.05, 3.63) is 71.3 Å². The minimum absolute atomic E-state index is 0.216. The van der Waals surface area contributed by atoms with Crippen molar-refractivity contribution >= 4 is 12.1 Å². The van der Waals surface area contributed by atoms with E-state index in [1.54, 1.807) is 0 Å². The van der Waals surface area contributed by atoms with Crippen LogP contribution in [0.1, 0.15) is 86.2 Å². The Kier molecular flexibility index (Phi) is 12.7. The Bertz CT molecular complexity index is 738. The van der Waals surface area contributed by atoms with Gasteiger partial charge >= 0.3 is 12.1 Å². The highest BCUT2D eigenvalue weighted by atomic mass is 16.6. The summed E-state index contributed by atoms with van der Waals surface area (Å²) in [4.78, 5) is 21.0. The molecule has 1 atom stereocenters. The molecule has 0 saturated heterocycles. The Hall–Kier alpha value is -2.82. The van der Waals surface area contributed by atoms with Crippen LogP contribution in [0.25, 0.3) is 0 Å². The maximum absolute atomic E-state index is 12.4. The van der Waals surface area contributed by atoms with Crippen molar-refractivity contribution < 1.29 is 24.5 Å². The molecule has 0 aromatic heterocycles. The number of benzene rings is 2. The van der Waals surface area contributed by atoms with Crippen molar-refractivity contribution in [1.82, 2.24) is 0 Å². The minimum atomic E-state index is -1.83. The summed E-state index contributed by atoms with van der Waals surface area (Å²) in [6.45, 7) is 4.50. The molecule has 0 amide bonds. The van der Waals surface area contributed by atoms with Crippen molar-refractivity contribution in [2.24, 2.45) is 0 Å². The quantitative estimate of drug-likeness (QED) is 0.306. The molecule has 0 aliphatic heterocycles. The zero-order chi connectivity index (χ0) is 22.2. The molecule has 5 heteroatoms. The highest BCUT2D eigenvalue weighted by Crippen LogP contribution is 2.32. The Morgan fingerprint density at radius 1 is 0.833 bits per heavy atom. The normalized spacial score (nSPS) is 11.1. The van der Waals surface area contributed by atoms with Gasteiger partial charge < -0.3 is 14.9 Å². The van der Waals surface area contributed by atoms with Crippen LogP contribution in [-0.4, -0.2) is 28.9 Å². The molecule has 0 bridgehead atoms. The molecule has 0 saturated carbocycles. The van der Waals surface area contributed by atoms with E-state index in [0.29, 0.717) is 12.2 Å². The molecular formula is C25H34O5. The molecule has 2 aromatic rings. The van der Waals surface area contributed by atoms with Gasteiger partial charge in [0.2, 0.25) is 0 Å². The number of hydrogen-bond donors (Lipinski definition) is 2. The summed E-state index contributed by atoms with van der Waals surface area (Å²) in [5.41, 5.74) is 3.07. The van der Waals surface area contributed by atoms with Gasteiger partial charge in [-0.2, -0.15) is 0 Å². The summed E-state index contributed by atoms with van der Waals surface area (Å²) in [5.74, 6) is 0.0231. The molecule has 1 unspecified atom stereocenters. The third-order valence-corrected chi connectivity index (χ3v) is 4.88. The van der Waals surface area contributed by atoms with E-state index in [9.17, 15) is 4.79 Å². The lowest BCUT2D eigenvalue weighted by Crippen LogP contribution is -2.12. The van der Waals surface area contributed by atoms with Gasteiger partial charge in [-0.3, -0.25) is 0 Å². The number of hydrogen-bond acceptors (Lipinski definition) is 3. The maximum atomic E-state index is 12.4. The number of carbonyl (C=O) groups excluding carboxylic acids is 1. The molecule has 2 N–H and O–H groups in total. The van der Waals surface area contributed by atoms with Crippen molar-refractivity contribution in [2.45, 2.75) is 64.7 Å². The molecule has 0 aliphatic carbocycles. The fourth-order valence-corrected chi connectivity index (χ4v) is 3.51. The van der Waals surface area contributed by atoms with Crippen LogP contribution in [-0.2, 0) is 4.74 Å². The Balaban J connectivity index is 0.00000103. The summed E-state index contributed by atoms with van der Waals surface area (Å²) in [6.07, 6.45) is 6.89. The number of carbonyl (C=O) groups is 2. The van der Waals surface area contributed by atoms with Crippen LogP contribution >= 0.6 is 0 Å². The average molecular weight is 415 g/mol. The molecule has 2 rings (SSSR count). The minimum Gasteiger partial charge on any atom is -0.462 e. The highest BCUT2D eigenvalue weighted by molar-refractivity contribution is 5.91. The van der Waals surface area contributed by atoms with Crippen molar-refractivity contribution in [2.75, 3.05) is 6.61 Å². The number of ether oxygens (including phenoxy) is 1. The van der Waals surface area contributed by atoms with Gasteiger partial charge in [-0.25, -0.2) is 9.59 Å². The van der Waals surface area contributed by atoms with E-state index >= 15 is 0 Å². The number of rotatable bonds is 11. The smallest absolute Gasteiger partial charge is 0.462 e. The topological polar surface area (TPSA) is 83.8 Å². The van der Waals surface area contributed by atoms with Crippen LogP contribution in [0.4, 0.5) is 4.79 Å². The van der Waals surface area contributed by atoms with Gasteiger partial charge in [0.05, 0.1) is 12.2 Å². The molecular weight excluding hydrogens is 380 g/mol. The number of unbranched alkanes of at least 4 members (excludes halogenated alkanes) is 5. The third kappa shape index (κ3) is 9.59. The van der Waals surface area contributed by atoms with Crippen LogP contribution in [0.15, 0.2) is 54.6 Å². The molecule has 0 aliphatic rings. The predicted molar refractivity (Wildman–Crippen MR) is 119 cm³/mol. The van der Waals surface area contributed by atoms with Gasteiger partial charge in [-0.15, -0.1) is 0 Å². The van der Waals surface area contributed by atoms with Crippen LogP contribution in [0, 0.1) is 0 Å². The van der Waals surface area contributed by atoms with E-state index in [1.807, 2.05) is 31.2 Å². The second-order valence-corrected chi connectivity index (χ2v) is 7.11. The van der Waals surface area contributed by atoms with Gasteiger partial charge in [-0.05, 0) is 30.5 Å². The molecule has 2 aromatic carbocycles. The first-order chi connectivity index (χ1) is 14.5. The molecule has 0 spiro atoms. The number of esters is 1. The SMILES string of the molecule is CCCCCCCCC(c1ccccc1)c1ccccc1C(=O)OCC.O=C(O)O. The van der Waals surface area contributed by atoms with Gasteiger partial charge in [0.15, 0.2) is 0 Å². The van der Waals surface area contributed by atoms with Crippen LogP contribution < -0.4 is 0 Å². The Morgan fingerprint density at radius 2 is 1.40 bits per heavy atom. The van der Waals surface area contributed by atoms with E-state index in [1.165, 1.54) is 44.1 Å². The van der Waals surface area contributed by atoms with Gasteiger partial charge in [0.1, 0.15) is 0 Å². The first-order valence-electron chi connectivity index (χ1n) is 10.7. The average Bonchev–Trinajstić information content (AvgIpc) is 2.74. The zero-order valence-electron chi connectivity index (χ0n) is 18.0. The second kappa shape index (κ2) is 15.1. The van der Waals surface area contributed by atoms with Gasteiger partial charge in [0, 0.05) is 5.92 Å². The predicted octanol–water partition coefficient (Wildman–Crippen LogP) is 6.97. The fraction of sp³-hybridized carbons (Fsp3) is 0.440. The van der Waals surface area contributed by atoms with E-state index in [-0.39, 0.29) is 11.9 Å². The maximum Gasteiger partial charge on any atom is 0.503 e. The molecule has 0 radical (unpaired) electrons. The van der Waals surface area contributed by atoms with Crippen molar-refractivity contribution in [1.29, 1.82) is 0 Å². The first kappa shape index (κ1) is 25.2. The van der Waals surface area contributed by atoms with E-state index in [4.69, 9.17) is 19.7 Å². The fourth-order valence-electron chi connectivity index (χ4n) is 3.51. The van der Waals surface area contributed by atoms with Crippen LogP contribution in [0.3, 0.4) is 0 Å². The molecule has 164 valence electrons. The summed E-state index contributed by atoms with van der Waals surface area (Å²) >= 11 is 0. The Labute approximate surface area is 179 Å². The molecule has 30 heavy (non-hydrogen) atoms. The lowest BCUT2D eigenvalue weighted by atomic mass is 9.84. The lowest BCUT2D eigenvalue weighted by molar-refractivity contribution is 0.0524. The van der Waals surface area contributed by atoms with Gasteiger partial charge in [0.25, 0.3) is 0 Å². The van der Waals surface area contributed by atoms with E-state index in [2.05, 4.69) is 37.3 Å². The van der Waals surface area contributed by atoms with E-state index in [0.717, 1.165) is 12.0 Å². The number of carboxylic acid groups (broad SMARTS) is 2. The van der Waals surface area contributed by atoms with Crippen LogP contribution in [0.2, 0.25) is 0 Å². The first-order valence-corrected chi connectivity index (χ1v) is 10.7. The van der Waals surface area contributed by atoms with E-state index < -0.39 is 6.16 Å². The van der Waals surface area contributed by atoms with Crippen molar-refractivity contribution in [3.8, 4) is 0 Å². The highest BCUT2D eigenvalue weighted by Gasteiger charge is 2.21. The summed E-state index contributed by atoms with van der Waals surface area (Å²) in [6, 6.07) is 18.5. The second-order valence-electron chi connectivity index (χ2n) is 7.11. The summed E-state index contributed by atoms with van der Waals surface area (Å²) < 4.78 is 5.29.